The molecule has 5 nitrogen and oxygen atoms in total. The van der Waals surface area contributed by atoms with Gasteiger partial charge in [-0.1, -0.05) is 0 Å². The largest absolute Gasteiger partial charge is 0.378 e. The predicted octanol–water partition coefficient (Wildman–Crippen LogP) is -0.441. The number of rotatable bonds is 4. The van der Waals surface area contributed by atoms with Crippen molar-refractivity contribution in [2.45, 2.75) is 44.4 Å². The van der Waals surface area contributed by atoms with Gasteiger partial charge in [-0.25, -0.2) is 0 Å². The lowest BCUT2D eigenvalue weighted by Crippen LogP contribution is -2.51. The molecule has 1 aliphatic carbocycles. The zero-order valence-electron chi connectivity index (χ0n) is 8.79. The summed E-state index contributed by atoms with van der Waals surface area (Å²) in [7, 11) is 0. The SMILES string of the molecule is CCOC1CC(NC2CC(=O)NC2=O)C1. The van der Waals surface area contributed by atoms with Gasteiger partial charge >= 0.3 is 0 Å². The number of ether oxygens (including phenoxy) is 1. The number of hydrogen-bond donors (Lipinski definition) is 2. The first-order valence-electron chi connectivity index (χ1n) is 5.40. The fourth-order valence-electron chi connectivity index (χ4n) is 2.05. The number of amides is 2. The topological polar surface area (TPSA) is 67.4 Å². The summed E-state index contributed by atoms with van der Waals surface area (Å²) < 4.78 is 5.41. The first-order valence-corrected chi connectivity index (χ1v) is 5.40. The second kappa shape index (κ2) is 4.28. The number of nitrogens with one attached hydrogen (secondary N) is 2. The molecule has 1 atom stereocenters. The van der Waals surface area contributed by atoms with Crippen LogP contribution >= 0.6 is 0 Å². The van der Waals surface area contributed by atoms with Crippen LogP contribution in [0.25, 0.3) is 0 Å². The van der Waals surface area contributed by atoms with Crippen LogP contribution in [0.2, 0.25) is 0 Å². The van der Waals surface area contributed by atoms with Crippen LogP contribution in [0.1, 0.15) is 26.2 Å². The van der Waals surface area contributed by atoms with Gasteiger partial charge in [0.25, 0.3) is 0 Å². The zero-order valence-corrected chi connectivity index (χ0v) is 8.79. The molecule has 0 bridgehead atoms. The van der Waals surface area contributed by atoms with Crippen LogP contribution < -0.4 is 10.6 Å². The summed E-state index contributed by atoms with van der Waals surface area (Å²) in [5.41, 5.74) is 0. The van der Waals surface area contributed by atoms with Gasteiger partial charge < -0.3 is 10.1 Å². The van der Waals surface area contributed by atoms with E-state index in [9.17, 15) is 9.59 Å². The molecule has 1 saturated heterocycles. The van der Waals surface area contributed by atoms with Crippen molar-refractivity contribution < 1.29 is 14.3 Å². The molecule has 15 heavy (non-hydrogen) atoms. The summed E-state index contributed by atoms with van der Waals surface area (Å²) in [4.78, 5) is 22.2. The van der Waals surface area contributed by atoms with Crippen LogP contribution in [0, 0.1) is 0 Å². The molecule has 1 unspecified atom stereocenters. The Bertz CT molecular complexity index is 274. The number of imide groups is 1. The Morgan fingerprint density at radius 3 is 2.73 bits per heavy atom. The van der Waals surface area contributed by atoms with Crippen LogP contribution in [0.5, 0.6) is 0 Å². The van der Waals surface area contributed by atoms with Gasteiger partial charge in [-0.15, -0.1) is 0 Å². The van der Waals surface area contributed by atoms with E-state index < -0.39 is 0 Å². The van der Waals surface area contributed by atoms with Crippen LogP contribution in [0.15, 0.2) is 0 Å². The van der Waals surface area contributed by atoms with E-state index in [4.69, 9.17) is 4.74 Å². The molecule has 5 heteroatoms. The van der Waals surface area contributed by atoms with Crippen molar-refractivity contribution >= 4 is 11.8 Å². The third-order valence-corrected chi connectivity index (χ3v) is 2.90. The van der Waals surface area contributed by atoms with Crippen molar-refractivity contribution in [3.05, 3.63) is 0 Å². The zero-order chi connectivity index (χ0) is 10.8. The van der Waals surface area contributed by atoms with E-state index in [1.807, 2.05) is 6.92 Å². The highest BCUT2D eigenvalue weighted by Crippen LogP contribution is 2.24. The summed E-state index contributed by atoms with van der Waals surface area (Å²) in [5.74, 6) is -0.377. The highest BCUT2D eigenvalue weighted by molar-refractivity contribution is 6.05. The molecule has 1 saturated carbocycles. The molecule has 2 rings (SSSR count). The molecule has 2 amide bonds. The predicted molar refractivity (Wildman–Crippen MR) is 53.1 cm³/mol. The Labute approximate surface area is 88.5 Å². The second-order valence-electron chi connectivity index (χ2n) is 4.08. The number of carbonyl (C=O) groups excluding carboxylic acids is 2. The van der Waals surface area contributed by atoms with Crippen molar-refractivity contribution in [2.75, 3.05) is 6.61 Å². The lowest BCUT2D eigenvalue weighted by atomic mass is 9.88. The average molecular weight is 212 g/mol. The third-order valence-electron chi connectivity index (χ3n) is 2.90. The fraction of sp³-hybridized carbons (Fsp3) is 0.800. The van der Waals surface area contributed by atoms with Crippen LogP contribution in [0.3, 0.4) is 0 Å². The highest BCUT2D eigenvalue weighted by atomic mass is 16.5. The molecule has 1 heterocycles. The normalized spacial score (nSPS) is 35.1. The van der Waals surface area contributed by atoms with Crippen molar-refractivity contribution in [2.24, 2.45) is 0 Å². The molecule has 1 aliphatic heterocycles. The van der Waals surface area contributed by atoms with Gasteiger partial charge in [0.1, 0.15) is 0 Å². The Morgan fingerprint density at radius 1 is 1.47 bits per heavy atom. The lowest BCUT2D eigenvalue weighted by Gasteiger charge is -2.36. The quantitative estimate of drug-likeness (QED) is 0.620. The smallest absolute Gasteiger partial charge is 0.244 e. The van der Waals surface area contributed by atoms with E-state index >= 15 is 0 Å². The van der Waals surface area contributed by atoms with Gasteiger partial charge in [0.05, 0.1) is 18.6 Å². The van der Waals surface area contributed by atoms with Gasteiger partial charge in [-0.3, -0.25) is 14.9 Å². The summed E-state index contributed by atoms with van der Waals surface area (Å²) >= 11 is 0. The summed E-state index contributed by atoms with van der Waals surface area (Å²) in [6.45, 7) is 2.71. The molecule has 0 spiro atoms. The Kier molecular flexibility index (Phi) is 3.02. The molecule has 84 valence electrons. The van der Waals surface area contributed by atoms with Gasteiger partial charge in [-0.2, -0.15) is 0 Å². The summed E-state index contributed by atoms with van der Waals surface area (Å²) in [5, 5.41) is 5.46. The Balaban J connectivity index is 1.71. The van der Waals surface area contributed by atoms with Crippen LogP contribution in [-0.4, -0.2) is 36.6 Å². The second-order valence-corrected chi connectivity index (χ2v) is 4.08. The van der Waals surface area contributed by atoms with Gasteiger partial charge in [0.15, 0.2) is 0 Å². The van der Waals surface area contributed by atoms with Crippen molar-refractivity contribution in [3.8, 4) is 0 Å². The van der Waals surface area contributed by atoms with E-state index in [0.29, 0.717) is 12.1 Å². The molecule has 0 aromatic carbocycles. The lowest BCUT2D eigenvalue weighted by molar-refractivity contribution is -0.125. The first kappa shape index (κ1) is 10.6. The van der Waals surface area contributed by atoms with E-state index in [1.165, 1.54) is 0 Å². The van der Waals surface area contributed by atoms with E-state index in [1.54, 1.807) is 0 Å². The first-order chi connectivity index (χ1) is 7.19. The van der Waals surface area contributed by atoms with E-state index in [-0.39, 0.29) is 24.3 Å². The minimum Gasteiger partial charge on any atom is -0.378 e. The number of carbonyl (C=O) groups is 2. The molecule has 2 aliphatic rings. The molecule has 2 N–H and O–H groups in total. The number of hydrogen-bond acceptors (Lipinski definition) is 4. The minimum atomic E-state index is -0.329. The Morgan fingerprint density at radius 2 is 2.20 bits per heavy atom. The van der Waals surface area contributed by atoms with E-state index in [0.717, 1.165) is 19.4 Å². The summed E-state index contributed by atoms with van der Waals surface area (Å²) in [6.07, 6.45) is 2.47. The maximum absolute atomic E-state index is 11.2. The van der Waals surface area contributed by atoms with Crippen molar-refractivity contribution in [1.82, 2.24) is 10.6 Å². The Hall–Kier alpha value is -0.940. The van der Waals surface area contributed by atoms with E-state index in [2.05, 4.69) is 10.6 Å². The van der Waals surface area contributed by atoms with Crippen molar-refractivity contribution in [1.29, 1.82) is 0 Å². The van der Waals surface area contributed by atoms with Crippen LogP contribution in [0.4, 0.5) is 0 Å². The maximum Gasteiger partial charge on any atom is 0.244 e. The van der Waals surface area contributed by atoms with Gasteiger partial charge in [0, 0.05) is 12.6 Å². The van der Waals surface area contributed by atoms with Crippen molar-refractivity contribution in [3.63, 3.8) is 0 Å². The molecule has 0 aromatic rings. The third kappa shape index (κ3) is 2.35. The molecule has 0 aromatic heterocycles. The van der Waals surface area contributed by atoms with Crippen LogP contribution in [-0.2, 0) is 14.3 Å². The molecular formula is C10H16N2O3. The summed E-state index contributed by atoms with van der Waals surface area (Å²) in [6, 6.07) is -0.00623. The monoisotopic (exact) mass is 212 g/mol. The minimum absolute atomic E-state index is 0.182. The maximum atomic E-state index is 11.2. The van der Waals surface area contributed by atoms with Gasteiger partial charge in [0.2, 0.25) is 11.8 Å². The van der Waals surface area contributed by atoms with Gasteiger partial charge in [-0.05, 0) is 19.8 Å². The standard InChI is InChI=1S/C10H16N2O3/c1-2-15-7-3-6(4-7)11-8-5-9(13)12-10(8)14/h6-8,11H,2-5H2,1H3,(H,12,13,14). The fourth-order valence-corrected chi connectivity index (χ4v) is 2.05. The molecule has 0 radical (unpaired) electrons. The molecule has 2 fully saturated rings. The molecular weight excluding hydrogens is 196 g/mol. The average Bonchev–Trinajstić information content (AvgIpc) is 2.42. The highest BCUT2D eigenvalue weighted by Gasteiger charge is 2.36.